The van der Waals surface area contributed by atoms with Crippen LogP contribution in [0.25, 0.3) is 0 Å². The van der Waals surface area contributed by atoms with E-state index in [1.165, 1.54) is 6.92 Å². The molecule has 4 heteroatoms. The van der Waals surface area contributed by atoms with Crippen molar-refractivity contribution in [2.75, 3.05) is 14.2 Å². The van der Waals surface area contributed by atoms with Gasteiger partial charge in [0.2, 0.25) is 0 Å². The first-order chi connectivity index (χ1) is 7.11. The van der Waals surface area contributed by atoms with Gasteiger partial charge in [0.1, 0.15) is 6.10 Å². The number of carbonyl (C=O) groups is 1. The summed E-state index contributed by atoms with van der Waals surface area (Å²) in [6.07, 6.45) is 3.32. The van der Waals surface area contributed by atoms with E-state index in [-0.39, 0.29) is 12.1 Å². The summed E-state index contributed by atoms with van der Waals surface area (Å²) in [7, 11) is 3.90. The van der Waals surface area contributed by atoms with Crippen LogP contribution < -0.4 is 0 Å². The molecule has 0 saturated carbocycles. The van der Waals surface area contributed by atoms with Gasteiger partial charge in [-0.2, -0.15) is 0 Å². The van der Waals surface area contributed by atoms with E-state index in [9.17, 15) is 4.79 Å². The fraction of sp³-hybridized carbons (Fsp3) is 0.909. The molecule has 2 rings (SSSR count). The Morgan fingerprint density at radius 1 is 1.33 bits per heavy atom. The summed E-state index contributed by atoms with van der Waals surface area (Å²) in [4.78, 5) is 13.3. The van der Waals surface area contributed by atoms with Gasteiger partial charge in [-0.15, -0.1) is 0 Å². The maximum Gasteiger partial charge on any atom is 0.302 e. The Morgan fingerprint density at radius 2 is 2.07 bits per heavy atom. The molecule has 2 saturated heterocycles. The van der Waals surface area contributed by atoms with Gasteiger partial charge >= 0.3 is 5.97 Å². The Hall–Kier alpha value is -0.610. The first-order valence-electron chi connectivity index (χ1n) is 5.53. The van der Waals surface area contributed by atoms with Crippen molar-refractivity contribution in [1.29, 1.82) is 0 Å². The van der Waals surface area contributed by atoms with Gasteiger partial charge < -0.3 is 9.47 Å². The summed E-state index contributed by atoms with van der Waals surface area (Å²) >= 11 is 0. The fourth-order valence-electron chi connectivity index (χ4n) is 2.96. The Labute approximate surface area is 90.5 Å². The number of ether oxygens (including phenoxy) is 2. The van der Waals surface area contributed by atoms with Gasteiger partial charge in [0.25, 0.3) is 0 Å². The molecule has 0 spiro atoms. The number of methoxy groups -OCH3 is 1. The monoisotopic (exact) mass is 213 g/mol. The van der Waals surface area contributed by atoms with Gasteiger partial charge in [0, 0.05) is 39.0 Å². The van der Waals surface area contributed by atoms with E-state index in [0.29, 0.717) is 18.2 Å². The molecular weight excluding hydrogens is 194 g/mol. The van der Waals surface area contributed by atoms with Crippen molar-refractivity contribution in [2.24, 2.45) is 0 Å². The highest BCUT2D eigenvalue weighted by Gasteiger charge is 2.45. The Balaban J connectivity index is 2.01. The summed E-state index contributed by atoms with van der Waals surface area (Å²) in [6.45, 7) is 1.48. The van der Waals surface area contributed by atoms with Crippen LogP contribution in [0.5, 0.6) is 0 Å². The van der Waals surface area contributed by atoms with Gasteiger partial charge in [0.15, 0.2) is 0 Å². The zero-order valence-corrected chi connectivity index (χ0v) is 9.60. The summed E-state index contributed by atoms with van der Waals surface area (Å²) in [5.41, 5.74) is 0. The summed E-state index contributed by atoms with van der Waals surface area (Å²) in [6, 6.07) is 0.927. The summed E-state index contributed by atoms with van der Waals surface area (Å²) in [5.74, 6) is -0.169. The lowest BCUT2D eigenvalue weighted by atomic mass is 10.0. The van der Waals surface area contributed by atoms with E-state index in [1.807, 2.05) is 0 Å². The van der Waals surface area contributed by atoms with Gasteiger partial charge in [-0.05, 0) is 13.5 Å². The van der Waals surface area contributed by atoms with Gasteiger partial charge in [-0.3, -0.25) is 9.69 Å². The topological polar surface area (TPSA) is 38.8 Å². The Morgan fingerprint density at radius 3 is 2.67 bits per heavy atom. The highest BCUT2D eigenvalue weighted by molar-refractivity contribution is 5.66. The number of rotatable bonds is 2. The molecule has 2 bridgehead atoms. The van der Waals surface area contributed by atoms with Gasteiger partial charge in [-0.25, -0.2) is 0 Å². The van der Waals surface area contributed by atoms with Crippen LogP contribution in [0, 0.1) is 0 Å². The largest absolute Gasteiger partial charge is 0.462 e. The minimum absolute atomic E-state index is 0.0915. The van der Waals surface area contributed by atoms with Crippen molar-refractivity contribution in [1.82, 2.24) is 4.90 Å². The molecule has 15 heavy (non-hydrogen) atoms. The average molecular weight is 213 g/mol. The van der Waals surface area contributed by atoms with Crippen LogP contribution in [0.4, 0.5) is 0 Å². The lowest BCUT2D eigenvalue weighted by Crippen LogP contribution is -2.45. The minimum Gasteiger partial charge on any atom is -0.462 e. The normalized spacial score (nSPS) is 40.5. The van der Waals surface area contributed by atoms with Crippen molar-refractivity contribution in [3.63, 3.8) is 0 Å². The molecular formula is C11H19NO3. The van der Waals surface area contributed by atoms with E-state index in [1.54, 1.807) is 7.11 Å². The number of hydrogen-bond donors (Lipinski definition) is 0. The van der Waals surface area contributed by atoms with E-state index >= 15 is 0 Å². The average Bonchev–Trinajstić information content (AvgIpc) is 2.37. The van der Waals surface area contributed by atoms with E-state index < -0.39 is 0 Å². The molecule has 2 aliphatic rings. The quantitative estimate of drug-likeness (QED) is 0.636. The minimum atomic E-state index is -0.169. The number of nitrogens with zero attached hydrogens (tertiary/aromatic N) is 1. The molecule has 0 aliphatic carbocycles. The van der Waals surface area contributed by atoms with Gasteiger partial charge in [0.05, 0.1) is 6.10 Å². The summed E-state index contributed by atoms with van der Waals surface area (Å²) in [5, 5.41) is 0. The second kappa shape index (κ2) is 4.10. The zero-order valence-electron chi connectivity index (χ0n) is 9.60. The van der Waals surface area contributed by atoms with Crippen LogP contribution in [0.1, 0.15) is 26.2 Å². The third-order valence-electron chi connectivity index (χ3n) is 3.71. The van der Waals surface area contributed by atoms with Crippen LogP contribution in [-0.4, -0.2) is 49.3 Å². The number of likely N-dealkylation sites (N-methyl/N-ethyl adjacent to an activating group) is 1. The number of carbonyl (C=O) groups excluding carboxylic acids is 1. The van der Waals surface area contributed by atoms with Crippen LogP contribution >= 0.6 is 0 Å². The number of fused-ring (bicyclic) bond motifs is 2. The first-order valence-corrected chi connectivity index (χ1v) is 5.53. The summed E-state index contributed by atoms with van der Waals surface area (Å²) < 4.78 is 10.8. The van der Waals surface area contributed by atoms with E-state index in [0.717, 1.165) is 19.3 Å². The fourth-order valence-corrected chi connectivity index (χ4v) is 2.96. The maximum atomic E-state index is 10.9. The number of esters is 1. The highest BCUT2D eigenvalue weighted by Crippen LogP contribution is 2.37. The molecule has 4 nitrogen and oxygen atoms in total. The predicted octanol–water partition coefficient (Wildman–Crippen LogP) is 0.800. The van der Waals surface area contributed by atoms with E-state index in [2.05, 4.69) is 11.9 Å². The number of piperidine rings is 1. The van der Waals surface area contributed by atoms with Crippen LogP contribution in [0.2, 0.25) is 0 Å². The van der Waals surface area contributed by atoms with Crippen molar-refractivity contribution >= 4 is 5.97 Å². The standard InChI is InChI=1S/C11H19NO3/c1-7(13)15-9-4-8-5-11(14-3)10(6-9)12(8)2/h8-11H,4-6H2,1-3H3/t8-,9+,10-,11+/m0/s1. The van der Waals surface area contributed by atoms with E-state index in [4.69, 9.17) is 9.47 Å². The molecule has 86 valence electrons. The highest BCUT2D eigenvalue weighted by atomic mass is 16.5. The SMILES string of the molecule is CO[C@@H]1C[C@@H]2C[C@@H](OC(C)=O)C[C@@H]1N2C. The van der Waals surface area contributed by atoms with Crippen LogP contribution in [0.3, 0.4) is 0 Å². The molecule has 0 aromatic heterocycles. The molecule has 0 unspecified atom stereocenters. The lowest BCUT2D eigenvalue weighted by Gasteiger charge is -2.36. The molecule has 2 aliphatic heterocycles. The van der Waals surface area contributed by atoms with Gasteiger partial charge in [-0.1, -0.05) is 0 Å². The molecule has 4 atom stereocenters. The van der Waals surface area contributed by atoms with Crippen LogP contribution in [0.15, 0.2) is 0 Å². The maximum absolute atomic E-state index is 10.9. The molecule has 0 N–H and O–H groups in total. The molecule has 2 fully saturated rings. The van der Waals surface area contributed by atoms with Crippen molar-refractivity contribution < 1.29 is 14.3 Å². The molecule has 2 heterocycles. The Bertz CT molecular complexity index is 256. The smallest absolute Gasteiger partial charge is 0.302 e. The van der Waals surface area contributed by atoms with Crippen molar-refractivity contribution in [3.05, 3.63) is 0 Å². The first kappa shape index (κ1) is 10.9. The molecule has 0 amide bonds. The third kappa shape index (κ3) is 2.01. The van der Waals surface area contributed by atoms with Crippen molar-refractivity contribution in [2.45, 2.75) is 50.5 Å². The molecule has 0 aromatic rings. The zero-order chi connectivity index (χ0) is 11.0. The number of hydrogen-bond acceptors (Lipinski definition) is 4. The Kier molecular flexibility index (Phi) is 2.98. The molecule has 0 radical (unpaired) electrons. The second-order valence-corrected chi connectivity index (χ2v) is 4.60. The third-order valence-corrected chi connectivity index (χ3v) is 3.71. The van der Waals surface area contributed by atoms with Crippen LogP contribution in [-0.2, 0) is 14.3 Å². The van der Waals surface area contributed by atoms with Crippen molar-refractivity contribution in [3.8, 4) is 0 Å². The molecule has 0 aromatic carbocycles. The second-order valence-electron chi connectivity index (χ2n) is 4.60. The lowest BCUT2D eigenvalue weighted by molar-refractivity contribution is -0.150. The predicted molar refractivity (Wildman–Crippen MR) is 55.5 cm³/mol.